The summed E-state index contributed by atoms with van der Waals surface area (Å²) in [5.74, 6) is 0. The lowest BCUT2D eigenvalue weighted by Gasteiger charge is -2.43. The molecule has 0 heterocycles. The Balaban J connectivity index is 2.78. The minimum Gasteiger partial charge on any atom is -0.313 e. The van der Waals surface area contributed by atoms with Crippen LogP contribution in [-0.4, -0.2) is 28.3 Å². The van der Waals surface area contributed by atoms with Gasteiger partial charge in [0.1, 0.15) is 0 Å². The maximum Gasteiger partial charge on any atom is 0.0503 e. The van der Waals surface area contributed by atoms with E-state index in [0.717, 1.165) is 13.0 Å². The Morgan fingerprint density at radius 2 is 2.14 bits per heavy atom. The highest BCUT2D eigenvalue weighted by atomic mass is 32.2. The van der Waals surface area contributed by atoms with Crippen molar-refractivity contribution in [1.29, 1.82) is 0 Å². The third kappa shape index (κ3) is 2.57. The fourth-order valence-corrected chi connectivity index (χ4v) is 3.92. The molecule has 0 aromatic rings. The van der Waals surface area contributed by atoms with Gasteiger partial charge in [0.25, 0.3) is 0 Å². The number of nitrogens with one attached hydrogen (secondary N) is 1. The summed E-state index contributed by atoms with van der Waals surface area (Å²) in [7, 11) is -0.693. The summed E-state index contributed by atoms with van der Waals surface area (Å²) in [5, 5.41) is 3.86. The SMILES string of the molecule is CCNC1C(S(C)=O)CCCC1(C)C. The summed E-state index contributed by atoms with van der Waals surface area (Å²) >= 11 is 0. The van der Waals surface area contributed by atoms with E-state index in [1.807, 2.05) is 6.26 Å². The fraction of sp³-hybridized carbons (Fsp3) is 1.00. The highest BCUT2D eigenvalue weighted by molar-refractivity contribution is 7.85. The quantitative estimate of drug-likeness (QED) is 0.782. The van der Waals surface area contributed by atoms with Crippen LogP contribution in [0.4, 0.5) is 0 Å². The smallest absolute Gasteiger partial charge is 0.0503 e. The van der Waals surface area contributed by atoms with E-state index in [4.69, 9.17) is 0 Å². The van der Waals surface area contributed by atoms with Crippen LogP contribution in [0.3, 0.4) is 0 Å². The van der Waals surface area contributed by atoms with Crippen LogP contribution in [0.15, 0.2) is 0 Å². The van der Waals surface area contributed by atoms with Crippen LogP contribution in [0.2, 0.25) is 0 Å². The molecule has 2 nitrogen and oxygen atoms in total. The standard InChI is InChI=1S/C11H23NOS/c1-5-12-10-9(14(4)13)7-6-8-11(10,2)3/h9-10,12H,5-8H2,1-4H3. The molecule has 0 saturated heterocycles. The van der Waals surface area contributed by atoms with Crippen molar-refractivity contribution in [3.05, 3.63) is 0 Å². The van der Waals surface area contributed by atoms with E-state index in [9.17, 15) is 4.21 Å². The molecule has 0 aromatic heterocycles. The highest BCUT2D eigenvalue weighted by Crippen LogP contribution is 2.37. The molecule has 84 valence electrons. The average Bonchev–Trinajstić information content (AvgIpc) is 2.07. The molecule has 1 N–H and O–H groups in total. The van der Waals surface area contributed by atoms with Gasteiger partial charge in [0.05, 0.1) is 5.25 Å². The van der Waals surface area contributed by atoms with Crippen molar-refractivity contribution in [2.45, 2.75) is 51.3 Å². The van der Waals surface area contributed by atoms with Gasteiger partial charge >= 0.3 is 0 Å². The van der Waals surface area contributed by atoms with Crippen LogP contribution >= 0.6 is 0 Å². The van der Waals surface area contributed by atoms with Gasteiger partial charge in [-0.05, 0) is 24.8 Å². The summed E-state index contributed by atoms with van der Waals surface area (Å²) in [6.45, 7) is 7.68. The molecule has 0 amide bonds. The number of rotatable bonds is 3. The monoisotopic (exact) mass is 217 g/mol. The summed E-state index contributed by atoms with van der Waals surface area (Å²) in [6.07, 6.45) is 5.43. The Morgan fingerprint density at radius 1 is 1.50 bits per heavy atom. The maximum atomic E-state index is 11.6. The second-order valence-corrected chi connectivity index (χ2v) is 6.56. The van der Waals surface area contributed by atoms with Gasteiger partial charge in [-0.1, -0.05) is 27.2 Å². The first-order valence-corrected chi connectivity index (χ1v) is 7.16. The van der Waals surface area contributed by atoms with Crippen LogP contribution in [0, 0.1) is 5.41 Å². The van der Waals surface area contributed by atoms with Gasteiger partial charge in [0.15, 0.2) is 0 Å². The molecule has 0 bridgehead atoms. The summed E-state index contributed by atoms with van der Waals surface area (Å²) < 4.78 is 11.6. The zero-order chi connectivity index (χ0) is 10.8. The van der Waals surface area contributed by atoms with Gasteiger partial charge in [0, 0.05) is 23.1 Å². The lowest BCUT2D eigenvalue weighted by atomic mass is 9.73. The fourth-order valence-electron chi connectivity index (χ4n) is 2.57. The van der Waals surface area contributed by atoms with Crippen molar-refractivity contribution in [2.75, 3.05) is 12.8 Å². The molecule has 0 aromatic carbocycles. The van der Waals surface area contributed by atoms with Crippen molar-refractivity contribution in [1.82, 2.24) is 5.32 Å². The molecule has 3 atom stereocenters. The van der Waals surface area contributed by atoms with E-state index in [1.165, 1.54) is 12.8 Å². The minimum absolute atomic E-state index is 0.296. The van der Waals surface area contributed by atoms with Gasteiger partial charge in [0.2, 0.25) is 0 Å². The van der Waals surface area contributed by atoms with Crippen LogP contribution in [0.25, 0.3) is 0 Å². The number of hydrogen-bond acceptors (Lipinski definition) is 2. The average molecular weight is 217 g/mol. The van der Waals surface area contributed by atoms with E-state index in [2.05, 4.69) is 26.1 Å². The molecule has 14 heavy (non-hydrogen) atoms. The van der Waals surface area contributed by atoms with Gasteiger partial charge in [-0.3, -0.25) is 4.21 Å². The van der Waals surface area contributed by atoms with Crippen LogP contribution in [-0.2, 0) is 10.8 Å². The topological polar surface area (TPSA) is 29.1 Å². The molecule has 3 heteroatoms. The minimum atomic E-state index is -0.693. The Kier molecular flexibility index (Phi) is 4.14. The predicted molar refractivity (Wildman–Crippen MR) is 63.0 cm³/mol. The van der Waals surface area contributed by atoms with Gasteiger partial charge in [-0.2, -0.15) is 0 Å². The summed E-state index contributed by atoms with van der Waals surface area (Å²) in [4.78, 5) is 0. The highest BCUT2D eigenvalue weighted by Gasteiger charge is 2.39. The third-order valence-electron chi connectivity index (χ3n) is 3.37. The molecule has 1 aliphatic rings. The van der Waals surface area contributed by atoms with E-state index in [1.54, 1.807) is 0 Å². The Labute approximate surface area is 90.3 Å². The first-order chi connectivity index (χ1) is 6.49. The zero-order valence-corrected chi connectivity index (χ0v) is 10.6. The third-order valence-corrected chi connectivity index (χ3v) is 4.73. The van der Waals surface area contributed by atoms with E-state index < -0.39 is 10.8 Å². The van der Waals surface area contributed by atoms with Crippen molar-refractivity contribution in [3.63, 3.8) is 0 Å². The molecule has 1 fully saturated rings. The number of hydrogen-bond donors (Lipinski definition) is 1. The van der Waals surface area contributed by atoms with Crippen LogP contribution < -0.4 is 5.32 Å². The summed E-state index contributed by atoms with van der Waals surface area (Å²) in [6, 6.07) is 0.423. The Morgan fingerprint density at radius 3 is 2.64 bits per heavy atom. The van der Waals surface area contributed by atoms with Gasteiger partial charge in [-0.15, -0.1) is 0 Å². The molecule has 3 unspecified atom stereocenters. The molecule has 0 aliphatic heterocycles. The molecule has 1 rings (SSSR count). The molecule has 0 radical (unpaired) electrons. The van der Waals surface area contributed by atoms with Crippen LogP contribution in [0.1, 0.15) is 40.0 Å². The molecule has 0 spiro atoms. The van der Waals surface area contributed by atoms with E-state index in [-0.39, 0.29) is 0 Å². The van der Waals surface area contributed by atoms with Crippen molar-refractivity contribution >= 4 is 10.8 Å². The lowest BCUT2D eigenvalue weighted by Crippen LogP contribution is -2.53. The van der Waals surface area contributed by atoms with Gasteiger partial charge in [-0.25, -0.2) is 0 Å². The predicted octanol–water partition coefficient (Wildman–Crippen LogP) is 1.92. The first-order valence-electron chi connectivity index (χ1n) is 5.54. The molecule has 1 saturated carbocycles. The largest absolute Gasteiger partial charge is 0.313 e. The maximum absolute atomic E-state index is 11.6. The van der Waals surface area contributed by atoms with E-state index >= 15 is 0 Å². The van der Waals surface area contributed by atoms with E-state index in [0.29, 0.717) is 16.7 Å². The Hall–Kier alpha value is 0.110. The first kappa shape index (κ1) is 12.2. The normalized spacial score (nSPS) is 34.0. The lowest BCUT2D eigenvalue weighted by molar-refractivity contribution is 0.175. The second-order valence-electron chi connectivity index (χ2n) is 4.95. The van der Waals surface area contributed by atoms with Crippen LogP contribution in [0.5, 0.6) is 0 Å². The molecular weight excluding hydrogens is 194 g/mol. The van der Waals surface area contributed by atoms with Crippen molar-refractivity contribution in [3.8, 4) is 0 Å². The summed E-state index contributed by atoms with van der Waals surface area (Å²) in [5.41, 5.74) is 0.296. The van der Waals surface area contributed by atoms with Crippen molar-refractivity contribution < 1.29 is 4.21 Å². The second kappa shape index (κ2) is 4.75. The van der Waals surface area contributed by atoms with Crippen molar-refractivity contribution in [2.24, 2.45) is 5.41 Å². The molecular formula is C11H23NOS. The van der Waals surface area contributed by atoms with Gasteiger partial charge < -0.3 is 5.32 Å². The molecule has 1 aliphatic carbocycles. The Bertz CT molecular complexity index is 215. The zero-order valence-electron chi connectivity index (χ0n) is 9.80.